The van der Waals surface area contributed by atoms with Crippen molar-refractivity contribution in [2.24, 2.45) is 5.92 Å². The molecule has 4 nitrogen and oxygen atoms in total. The summed E-state index contributed by atoms with van der Waals surface area (Å²) in [6.07, 6.45) is 0.746. The van der Waals surface area contributed by atoms with Gasteiger partial charge in [-0.1, -0.05) is 74.2 Å². The standard InChI is InChI=1S/C21H22Cl2N2O2.C2H6.CH3B/c22-18-2-1-3-19(23)20(18)25-12-17(13-25)15-6-4-14(5-7-15)10-24-9-8-16(11-24)21(26)27;2*1-2/h1-7,16-17H,8-13H2,(H,26,27);1-2H3;1H3. The van der Waals surface area contributed by atoms with Crippen molar-refractivity contribution in [1.29, 1.82) is 0 Å². The Bertz CT molecular complexity index is 822. The maximum atomic E-state index is 11.1. The van der Waals surface area contributed by atoms with Gasteiger partial charge < -0.3 is 10.0 Å². The van der Waals surface area contributed by atoms with E-state index in [9.17, 15) is 4.79 Å². The van der Waals surface area contributed by atoms with Crippen molar-refractivity contribution in [2.45, 2.75) is 39.6 Å². The van der Waals surface area contributed by atoms with Gasteiger partial charge in [-0.2, -0.15) is 0 Å². The predicted molar refractivity (Wildman–Crippen MR) is 132 cm³/mol. The van der Waals surface area contributed by atoms with Gasteiger partial charge in [0.15, 0.2) is 0 Å². The number of carboxylic acid groups (broad SMARTS) is 1. The third kappa shape index (κ3) is 6.41. The number of anilines is 1. The Morgan fingerprint density at radius 1 is 1.03 bits per heavy atom. The molecular weight excluding hydrogens is 430 g/mol. The first-order valence-corrected chi connectivity index (χ1v) is 11.6. The highest BCUT2D eigenvalue weighted by molar-refractivity contribution is 6.39. The number of rotatable bonds is 5. The Hall–Kier alpha value is -1.69. The Kier molecular flexibility index (Phi) is 10.2. The highest BCUT2D eigenvalue weighted by atomic mass is 35.5. The van der Waals surface area contributed by atoms with E-state index in [4.69, 9.17) is 28.3 Å². The lowest BCUT2D eigenvalue weighted by molar-refractivity contribution is -0.141. The lowest BCUT2D eigenvalue weighted by Gasteiger charge is -2.42. The molecule has 0 spiro atoms. The van der Waals surface area contributed by atoms with E-state index < -0.39 is 5.97 Å². The van der Waals surface area contributed by atoms with Crippen LogP contribution >= 0.6 is 23.2 Å². The summed E-state index contributed by atoms with van der Waals surface area (Å²) in [5.74, 6) is -0.419. The normalized spacial score (nSPS) is 18.4. The molecule has 166 valence electrons. The maximum absolute atomic E-state index is 11.1. The molecule has 4 rings (SSSR count). The Morgan fingerprint density at radius 2 is 1.61 bits per heavy atom. The number of hydrogen-bond acceptors (Lipinski definition) is 3. The summed E-state index contributed by atoms with van der Waals surface area (Å²) in [4.78, 5) is 15.5. The smallest absolute Gasteiger partial charge is 0.307 e. The highest BCUT2D eigenvalue weighted by Gasteiger charge is 2.31. The van der Waals surface area contributed by atoms with Crippen molar-refractivity contribution >= 4 is 42.7 Å². The lowest BCUT2D eigenvalue weighted by Crippen LogP contribution is -2.45. The molecule has 0 aliphatic carbocycles. The molecule has 2 fully saturated rings. The molecule has 31 heavy (non-hydrogen) atoms. The Labute approximate surface area is 197 Å². The zero-order valence-corrected chi connectivity index (χ0v) is 20.0. The van der Waals surface area contributed by atoms with E-state index in [0.717, 1.165) is 38.3 Å². The average molecular weight is 461 g/mol. The first-order chi connectivity index (χ1) is 15.0. The maximum Gasteiger partial charge on any atom is 0.307 e. The molecule has 2 aromatic carbocycles. The van der Waals surface area contributed by atoms with Gasteiger partial charge in [0.2, 0.25) is 0 Å². The van der Waals surface area contributed by atoms with Crippen LogP contribution in [0.1, 0.15) is 37.3 Å². The molecule has 0 aromatic heterocycles. The zero-order valence-electron chi connectivity index (χ0n) is 18.5. The van der Waals surface area contributed by atoms with Crippen molar-refractivity contribution in [3.63, 3.8) is 0 Å². The van der Waals surface area contributed by atoms with E-state index in [2.05, 4.69) is 41.9 Å². The SMILES string of the molecule is CC.O=C(O)C1CCN(Cc2ccc(C3CN(c4c(Cl)cccc4Cl)C3)cc2)C1.[B]C. The number of benzene rings is 2. The molecule has 2 aliphatic rings. The molecule has 2 radical (unpaired) electrons. The number of nitrogens with zero attached hydrogens (tertiary/aromatic N) is 2. The molecule has 2 aliphatic heterocycles. The van der Waals surface area contributed by atoms with E-state index >= 15 is 0 Å². The van der Waals surface area contributed by atoms with Gasteiger partial charge in [0.25, 0.3) is 0 Å². The zero-order chi connectivity index (χ0) is 23.0. The van der Waals surface area contributed by atoms with Crippen molar-refractivity contribution < 1.29 is 9.90 Å². The second-order valence-corrected chi connectivity index (χ2v) is 8.29. The molecule has 0 saturated carbocycles. The van der Waals surface area contributed by atoms with Crippen LogP contribution in [0.5, 0.6) is 0 Å². The average Bonchev–Trinajstić information content (AvgIpc) is 3.22. The molecule has 2 saturated heterocycles. The minimum Gasteiger partial charge on any atom is -0.481 e. The minimum atomic E-state index is -0.680. The molecule has 1 N–H and O–H groups in total. The van der Waals surface area contributed by atoms with E-state index in [0.29, 0.717) is 22.5 Å². The molecule has 0 amide bonds. The fourth-order valence-electron chi connectivity index (χ4n) is 3.99. The van der Waals surface area contributed by atoms with E-state index in [1.54, 1.807) is 0 Å². The largest absolute Gasteiger partial charge is 0.481 e. The van der Waals surface area contributed by atoms with Crippen molar-refractivity contribution in [1.82, 2.24) is 4.90 Å². The van der Waals surface area contributed by atoms with E-state index in [1.165, 1.54) is 17.9 Å². The summed E-state index contributed by atoms with van der Waals surface area (Å²) < 4.78 is 0. The Morgan fingerprint density at radius 3 is 2.13 bits per heavy atom. The number of para-hydroxylation sites is 1. The van der Waals surface area contributed by atoms with E-state index in [1.807, 2.05) is 32.0 Å². The molecule has 2 aromatic rings. The van der Waals surface area contributed by atoms with Crippen LogP contribution in [0.15, 0.2) is 42.5 Å². The number of aliphatic carboxylic acids is 1. The van der Waals surface area contributed by atoms with Gasteiger partial charge in [-0.15, -0.1) is 0 Å². The summed E-state index contributed by atoms with van der Waals surface area (Å²) >= 11 is 12.6. The van der Waals surface area contributed by atoms with Gasteiger partial charge in [0.05, 0.1) is 29.5 Å². The minimum absolute atomic E-state index is 0.220. The van der Waals surface area contributed by atoms with Gasteiger partial charge in [-0.25, -0.2) is 0 Å². The van der Waals surface area contributed by atoms with Crippen LogP contribution in [-0.4, -0.2) is 50.0 Å². The number of carboxylic acids is 1. The number of hydrogen-bond donors (Lipinski definition) is 1. The number of halogens is 2. The van der Waals surface area contributed by atoms with Crippen LogP contribution < -0.4 is 4.90 Å². The van der Waals surface area contributed by atoms with Crippen LogP contribution in [0.3, 0.4) is 0 Å². The van der Waals surface area contributed by atoms with Crippen LogP contribution in [-0.2, 0) is 11.3 Å². The summed E-state index contributed by atoms with van der Waals surface area (Å²) in [5.41, 5.74) is 3.48. The first kappa shape index (κ1) is 25.6. The third-order valence-corrected chi connectivity index (χ3v) is 6.22. The van der Waals surface area contributed by atoms with Crippen LogP contribution in [0.4, 0.5) is 5.69 Å². The van der Waals surface area contributed by atoms with Crippen molar-refractivity contribution in [3.8, 4) is 0 Å². The number of carbonyl (C=O) groups is 1. The topological polar surface area (TPSA) is 43.8 Å². The second-order valence-electron chi connectivity index (χ2n) is 7.47. The van der Waals surface area contributed by atoms with Gasteiger partial charge in [-0.3, -0.25) is 9.69 Å². The molecule has 2 heterocycles. The highest BCUT2D eigenvalue weighted by Crippen LogP contribution is 2.40. The first-order valence-electron chi connectivity index (χ1n) is 10.8. The number of likely N-dealkylation sites (tertiary alicyclic amines) is 1. The van der Waals surface area contributed by atoms with Gasteiger partial charge >= 0.3 is 5.97 Å². The molecule has 1 atom stereocenters. The summed E-state index contributed by atoms with van der Waals surface area (Å²) in [5, 5.41) is 10.5. The molecule has 0 bridgehead atoms. The monoisotopic (exact) mass is 460 g/mol. The third-order valence-electron chi connectivity index (χ3n) is 5.61. The molecule has 7 heteroatoms. The molecular formula is C24H31BCl2N2O2. The predicted octanol–water partition coefficient (Wildman–Crippen LogP) is 5.73. The summed E-state index contributed by atoms with van der Waals surface area (Å²) in [7, 11) is 4.50. The van der Waals surface area contributed by atoms with E-state index in [-0.39, 0.29) is 5.92 Å². The van der Waals surface area contributed by atoms with Crippen molar-refractivity contribution in [3.05, 3.63) is 63.6 Å². The quantitative estimate of drug-likeness (QED) is 0.578. The van der Waals surface area contributed by atoms with Crippen molar-refractivity contribution in [2.75, 3.05) is 31.1 Å². The van der Waals surface area contributed by atoms with Crippen LogP contribution in [0.25, 0.3) is 0 Å². The fraction of sp³-hybridized carbons (Fsp3) is 0.458. The summed E-state index contributed by atoms with van der Waals surface area (Å²) in [6.45, 7) is 9.64. The fourth-order valence-corrected chi connectivity index (χ4v) is 4.63. The van der Waals surface area contributed by atoms with Crippen LogP contribution in [0, 0.1) is 5.92 Å². The van der Waals surface area contributed by atoms with Gasteiger partial charge in [-0.05, 0) is 36.2 Å². The Balaban J connectivity index is 0.000000807. The summed E-state index contributed by atoms with van der Waals surface area (Å²) in [6, 6.07) is 14.3. The molecule has 1 unspecified atom stereocenters. The lowest BCUT2D eigenvalue weighted by atomic mass is 9.90. The van der Waals surface area contributed by atoms with Gasteiger partial charge in [0, 0.05) is 32.1 Å². The van der Waals surface area contributed by atoms with Gasteiger partial charge in [0.1, 0.15) is 0 Å². The second kappa shape index (κ2) is 12.4. The van der Waals surface area contributed by atoms with Crippen LogP contribution in [0.2, 0.25) is 16.9 Å².